The highest BCUT2D eigenvalue weighted by Gasteiger charge is 2.69. The van der Waals surface area contributed by atoms with E-state index in [0.717, 1.165) is 22.8 Å². The van der Waals surface area contributed by atoms with E-state index in [1.54, 1.807) is 0 Å². The van der Waals surface area contributed by atoms with E-state index in [9.17, 15) is 5.11 Å². The van der Waals surface area contributed by atoms with Gasteiger partial charge in [-0.15, -0.1) is 0 Å². The molecule has 4 fully saturated rings. The Morgan fingerprint density at radius 2 is 1.64 bits per heavy atom. The van der Waals surface area contributed by atoms with Gasteiger partial charge in [-0.3, -0.25) is 0 Å². The van der Waals surface area contributed by atoms with Crippen molar-refractivity contribution < 1.29 is 5.11 Å². The molecule has 2 heteroatoms. The lowest BCUT2D eigenvalue weighted by Gasteiger charge is -2.72. The number of aliphatic hydroxyl groups is 1. The standard InChI is InChI=1S/C34H49ClO/c1-22-9-10-23(27(35)20-22)24-13-16-31(4)28(30(24,2)3)14-17-33(6)29(31)12-11-25-26-8-7-15-34(26,21-36)19-18-32(25,33)5/h9-10,13,20,25-26,28-29,36H,7-8,11-12,14-19,21H2,1-6H3/t25?,26?,28?,29?,31?,32-,33?,34?/m1/s1. The lowest BCUT2D eigenvalue weighted by atomic mass is 9.33. The fraction of sp³-hybridized carbons (Fsp3) is 0.765. The first kappa shape index (κ1) is 25.5. The molecule has 1 nitrogen and oxygen atoms in total. The number of aliphatic hydroxyl groups excluding tert-OH is 1. The summed E-state index contributed by atoms with van der Waals surface area (Å²) in [4.78, 5) is 0. The number of halogens is 1. The normalized spacial score (nSPS) is 47.3. The lowest BCUT2D eigenvalue weighted by molar-refractivity contribution is -0.225. The summed E-state index contributed by atoms with van der Waals surface area (Å²) in [7, 11) is 0. The minimum absolute atomic E-state index is 0.120. The van der Waals surface area contributed by atoms with Crippen molar-refractivity contribution in [1.82, 2.24) is 0 Å². The zero-order valence-electron chi connectivity index (χ0n) is 23.7. The third-order valence-corrected chi connectivity index (χ3v) is 14.2. The first-order valence-corrected chi connectivity index (χ1v) is 15.4. The smallest absolute Gasteiger partial charge is 0.0490 e. The van der Waals surface area contributed by atoms with Crippen LogP contribution in [0, 0.1) is 57.7 Å². The van der Waals surface area contributed by atoms with Gasteiger partial charge >= 0.3 is 0 Å². The quantitative estimate of drug-likeness (QED) is 0.421. The molecule has 0 amide bonds. The molecule has 4 saturated carbocycles. The Hall–Kier alpha value is -0.790. The van der Waals surface area contributed by atoms with E-state index in [2.05, 4.69) is 65.8 Å². The van der Waals surface area contributed by atoms with Crippen LogP contribution >= 0.6 is 11.6 Å². The molecule has 0 aliphatic heterocycles. The molecule has 8 atom stereocenters. The molecule has 1 aromatic rings. The molecule has 1 aromatic carbocycles. The van der Waals surface area contributed by atoms with Gasteiger partial charge in [-0.25, -0.2) is 0 Å². The van der Waals surface area contributed by atoms with Crippen molar-refractivity contribution in [3.8, 4) is 0 Å². The lowest BCUT2D eigenvalue weighted by Crippen LogP contribution is -2.65. The van der Waals surface area contributed by atoms with Crippen LogP contribution in [0.2, 0.25) is 5.02 Å². The molecule has 5 aliphatic carbocycles. The molecular weight excluding hydrogens is 460 g/mol. The van der Waals surface area contributed by atoms with E-state index in [4.69, 9.17) is 11.6 Å². The summed E-state index contributed by atoms with van der Waals surface area (Å²) in [5, 5.41) is 11.4. The van der Waals surface area contributed by atoms with Crippen LogP contribution in [0.1, 0.15) is 110 Å². The van der Waals surface area contributed by atoms with Gasteiger partial charge in [-0.1, -0.05) is 70.8 Å². The third-order valence-electron chi connectivity index (χ3n) is 13.8. The molecule has 7 unspecified atom stereocenters. The SMILES string of the molecule is Cc1ccc(C2=CCC3(C)C(CCC4(C)C3CCC3C5CCCC5(CO)CC[C@]34C)C2(C)C)c(Cl)c1. The number of hydrogen-bond donors (Lipinski definition) is 1. The van der Waals surface area contributed by atoms with Crippen molar-refractivity contribution in [3.05, 3.63) is 40.4 Å². The van der Waals surface area contributed by atoms with Crippen LogP contribution in [0.25, 0.3) is 5.57 Å². The van der Waals surface area contributed by atoms with E-state index in [1.807, 2.05) is 0 Å². The zero-order chi connectivity index (χ0) is 25.7. The molecular formula is C34H49ClO. The molecule has 198 valence electrons. The minimum Gasteiger partial charge on any atom is -0.396 e. The maximum Gasteiger partial charge on any atom is 0.0490 e. The van der Waals surface area contributed by atoms with E-state index < -0.39 is 0 Å². The average Bonchev–Trinajstić information content (AvgIpc) is 3.25. The van der Waals surface area contributed by atoms with Crippen LogP contribution in [0.5, 0.6) is 0 Å². The van der Waals surface area contributed by atoms with Crippen LogP contribution in [0.15, 0.2) is 24.3 Å². The van der Waals surface area contributed by atoms with Crippen LogP contribution in [0.3, 0.4) is 0 Å². The molecule has 6 rings (SSSR count). The Bertz CT molecular complexity index is 1090. The maximum atomic E-state index is 10.5. The summed E-state index contributed by atoms with van der Waals surface area (Å²) in [5.74, 6) is 3.02. The highest BCUT2D eigenvalue weighted by atomic mass is 35.5. The van der Waals surface area contributed by atoms with Crippen molar-refractivity contribution in [3.63, 3.8) is 0 Å². The van der Waals surface area contributed by atoms with Crippen molar-refractivity contribution in [2.45, 2.75) is 106 Å². The van der Waals surface area contributed by atoms with Gasteiger partial charge in [0, 0.05) is 11.6 Å². The fourth-order valence-corrected chi connectivity index (χ4v) is 12.2. The summed E-state index contributed by atoms with van der Waals surface area (Å²) in [5.41, 5.74) is 5.48. The summed E-state index contributed by atoms with van der Waals surface area (Å²) in [6.45, 7) is 15.7. The highest BCUT2D eigenvalue weighted by Crippen LogP contribution is 2.77. The third kappa shape index (κ3) is 3.11. The predicted molar refractivity (Wildman–Crippen MR) is 152 cm³/mol. The summed E-state index contributed by atoms with van der Waals surface area (Å²) < 4.78 is 0. The second-order valence-corrected chi connectivity index (χ2v) is 15.6. The number of fused-ring (bicyclic) bond motifs is 7. The Morgan fingerprint density at radius 1 is 0.861 bits per heavy atom. The first-order chi connectivity index (χ1) is 16.9. The predicted octanol–water partition coefficient (Wildman–Crippen LogP) is 9.49. The van der Waals surface area contributed by atoms with Crippen LogP contribution in [-0.4, -0.2) is 11.7 Å². The second kappa shape index (κ2) is 8.11. The Kier molecular flexibility index (Phi) is 5.74. The molecule has 0 saturated heterocycles. The molecule has 5 aliphatic rings. The van der Waals surface area contributed by atoms with Gasteiger partial charge in [0.2, 0.25) is 0 Å². The van der Waals surface area contributed by atoms with Crippen LogP contribution in [0.4, 0.5) is 0 Å². The fourth-order valence-electron chi connectivity index (χ4n) is 11.9. The molecule has 0 heterocycles. The second-order valence-electron chi connectivity index (χ2n) is 15.2. The van der Waals surface area contributed by atoms with Crippen LogP contribution in [-0.2, 0) is 0 Å². The molecule has 0 spiro atoms. The molecule has 0 aromatic heterocycles. The van der Waals surface area contributed by atoms with Gasteiger partial charge in [-0.05, 0) is 138 Å². The van der Waals surface area contributed by atoms with Gasteiger partial charge in [0.1, 0.15) is 0 Å². The van der Waals surface area contributed by atoms with E-state index in [1.165, 1.54) is 80.9 Å². The number of rotatable bonds is 2. The van der Waals surface area contributed by atoms with Crippen LogP contribution < -0.4 is 0 Å². The average molecular weight is 509 g/mol. The van der Waals surface area contributed by atoms with E-state index in [0.29, 0.717) is 28.8 Å². The van der Waals surface area contributed by atoms with Gasteiger partial charge < -0.3 is 5.11 Å². The van der Waals surface area contributed by atoms with E-state index in [-0.39, 0.29) is 10.8 Å². The highest BCUT2D eigenvalue weighted by molar-refractivity contribution is 6.32. The number of allylic oxidation sites excluding steroid dienone is 2. The van der Waals surface area contributed by atoms with Gasteiger partial charge in [0.05, 0.1) is 0 Å². The van der Waals surface area contributed by atoms with Gasteiger partial charge in [0.25, 0.3) is 0 Å². The summed E-state index contributed by atoms with van der Waals surface area (Å²) in [6.07, 6.45) is 15.8. The maximum absolute atomic E-state index is 10.5. The summed E-state index contributed by atoms with van der Waals surface area (Å²) in [6, 6.07) is 6.63. The van der Waals surface area contributed by atoms with Crippen molar-refractivity contribution in [2.24, 2.45) is 50.7 Å². The molecule has 1 N–H and O–H groups in total. The van der Waals surface area contributed by atoms with E-state index >= 15 is 0 Å². The van der Waals surface area contributed by atoms with Crippen molar-refractivity contribution in [2.75, 3.05) is 6.61 Å². The topological polar surface area (TPSA) is 20.2 Å². The van der Waals surface area contributed by atoms with Gasteiger partial charge in [-0.2, -0.15) is 0 Å². The van der Waals surface area contributed by atoms with Crippen molar-refractivity contribution >= 4 is 17.2 Å². The largest absolute Gasteiger partial charge is 0.396 e. The number of aryl methyl sites for hydroxylation is 1. The first-order valence-electron chi connectivity index (χ1n) is 15.0. The number of hydrogen-bond acceptors (Lipinski definition) is 1. The Morgan fingerprint density at radius 3 is 2.36 bits per heavy atom. The molecule has 36 heavy (non-hydrogen) atoms. The minimum atomic E-state index is 0.120. The van der Waals surface area contributed by atoms with Crippen molar-refractivity contribution in [1.29, 1.82) is 0 Å². The monoisotopic (exact) mass is 508 g/mol. The summed E-state index contributed by atoms with van der Waals surface area (Å²) >= 11 is 6.84. The number of benzene rings is 1. The Balaban J connectivity index is 1.38. The Labute approximate surface area is 225 Å². The molecule has 0 bridgehead atoms. The molecule has 0 radical (unpaired) electrons. The zero-order valence-corrected chi connectivity index (χ0v) is 24.5. The van der Waals surface area contributed by atoms with Gasteiger partial charge in [0.15, 0.2) is 0 Å².